The molecule has 0 radical (unpaired) electrons. The topological polar surface area (TPSA) is 40.6 Å². The van der Waals surface area contributed by atoms with Crippen LogP contribution in [-0.2, 0) is 10.0 Å². The third kappa shape index (κ3) is 3.53. The Kier molecular flexibility index (Phi) is 4.15. The van der Waals surface area contributed by atoms with Crippen molar-refractivity contribution >= 4 is 26.0 Å². The second kappa shape index (κ2) is 4.72. The van der Waals surface area contributed by atoms with Crippen LogP contribution < -0.4 is 0 Å². The average molecular weight is 271 g/mol. The quantitative estimate of drug-likeness (QED) is 0.676. The number of alkyl halides is 1. The van der Waals surface area contributed by atoms with Gasteiger partial charge in [-0.15, -0.1) is 0 Å². The molecule has 0 aromatic rings. The van der Waals surface area contributed by atoms with Crippen molar-refractivity contribution in [1.29, 1.82) is 0 Å². The molecule has 1 heterocycles. The Labute approximate surface area is 88.1 Å². The first-order valence-electron chi connectivity index (χ1n) is 4.27. The SMILES string of the molecule is CS(=O)(=O)N1CCN(CCBr)CC1. The van der Waals surface area contributed by atoms with Crippen LogP contribution in [0.2, 0.25) is 0 Å². The Hall–Kier alpha value is 0.350. The fourth-order valence-electron chi connectivity index (χ4n) is 1.40. The molecule has 1 aliphatic heterocycles. The van der Waals surface area contributed by atoms with Crippen LogP contribution in [0.3, 0.4) is 0 Å². The average Bonchev–Trinajstić information content (AvgIpc) is 2.04. The molecule has 13 heavy (non-hydrogen) atoms. The molecule has 0 aliphatic carbocycles. The van der Waals surface area contributed by atoms with Gasteiger partial charge >= 0.3 is 0 Å². The first kappa shape index (κ1) is 11.4. The summed E-state index contributed by atoms with van der Waals surface area (Å²) >= 11 is 3.37. The van der Waals surface area contributed by atoms with Gasteiger partial charge in [0.05, 0.1) is 6.26 Å². The van der Waals surface area contributed by atoms with Gasteiger partial charge in [0.25, 0.3) is 0 Å². The number of nitrogens with zero attached hydrogens (tertiary/aromatic N) is 2. The van der Waals surface area contributed by atoms with Gasteiger partial charge in [-0.05, 0) is 0 Å². The first-order chi connectivity index (χ1) is 6.04. The summed E-state index contributed by atoms with van der Waals surface area (Å²) in [6.07, 6.45) is 1.27. The van der Waals surface area contributed by atoms with Gasteiger partial charge in [0.2, 0.25) is 10.0 Å². The van der Waals surface area contributed by atoms with E-state index in [-0.39, 0.29) is 0 Å². The van der Waals surface area contributed by atoms with Crippen LogP contribution >= 0.6 is 15.9 Å². The fourth-order valence-corrected chi connectivity index (χ4v) is 2.73. The zero-order chi connectivity index (χ0) is 9.90. The number of hydrogen-bond acceptors (Lipinski definition) is 3. The molecular formula is C7H15BrN2O2S. The predicted molar refractivity (Wildman–Crippen MR) is 56.7 cm³/mol. The van der Waals surface area contributed by atoms with E-state index in [0.717, 1.165) is 25.0 Å². The Bertz CT molecular complexity index is 247. The molecule has 6 heteroatoms. The molecular weight excluding hydrogens is 256 g/mol. The van der Waals surface area contributed by atoms with Gasteiger partial charge in [-0.2, -0.15) is 4.31 Å². The van der Waals surface area contributed by atoms with Gasteiger partial charge in [-0.3, -0.25) is 4.90 Å². The molecule has 1 aliphatic rings. The highest BCUT2D eigenvalue weighted by atomic mass is 79.9. The van der Waals surface area contributed by atoms with Crippen LogP contribution in [-0.4, -0.2) is 61.9 Å². The van der Waals surface area contributed by atoms with Crippen LogP contribution in [0, 0.1) is 0 Å². The molecule has 0 unspecified atom stereocenters. The van der Waals surface area contributed by atoms with Gasteiger partial charge in [-0.1, -0.05) is 15.9 Å². The van der Waals surface area contributed by atoms with Gasteiger partial charge in [-0.25, -0.2) is 8.42 Å². The molecule has 0 spiro atoms. The van der Waals surface area contributed by atoms with Crippen molar-refractivity contribution in [2.24, 2.45) is 0 Å². The summed E-state index contributed by atoms with van der Waals surface area (Å²) in [4.78, 5) is 2.26. The Morgan fingerprint density at radius 1 is 1.23 bits per heavy atom. The van der Waals surface area contributed by atoms with E-state index in [1.54, 1.807) is 0 Å². The summed E-state index contributed by atoms with van der Waals surface area (Å²) in [7, 11) is -2.97. The van der Waals surface area contributed by atoms with Crippen molar-refractivity contribution in [2.75, 3.05) is 44.3 Å². The second-order valence-electron chi connectivity index (χ2n) is 3.19. The third-order valence-corrected chi connectivity index (χ3v) is 3.86. The van der Waals surface area contributed by atoms with Crippen molar-refractivity contribution in [3.63, 3.8) is 0 Å². The molecule has 1 fully saturated rings. The minimum Gasteiger partial charge on any atom is -0.300 e. The number of sulfonamides is 1. The molecule has 0 aromatic heterocycles. The predicted octanol–water partition coefficient (Wildman–Crippen LogP) is -0.0415. The Balaban J connectivity index is 2.39. The smallest absolute Gasteiger partial charge is 0.211 e. The number of halogens is 1. The molecule has 1 saturated heterocycles. The summed E-state index contributed by atoms with van der Waals surface area (Å²) in [6.45, 7) is 3.95. The van der Waals surface area contributed by atoms with E-state index >= 15 is 0 Å². The van der Waals surface area contributed by atoms with Gasteiger partial charge in [0, 0.05) is 38.1 Å². The third-order valence-electron chi connectivity index (χ3n) is 2.20. The second-order valence-corrected chi connectivity index (χ2v) is 5.97. The number of hydrogen-bond donors (Lipinski definition) is 0. The molecule has 78 valence electrons. The van der Waals surface area contributed by atoms with Crippen molar-refractivity contribution in [3.8, 4) is 0 Å². The van der Waals surface area contributed by atoms with Gasteiger partial charge in [0.1, 0.15) is 0 Å². The molecule has 0 saturated carbocycles. The summed E-state index contributed by atoms with van der Waals surface area (Å²) < 4.78 is 23.8. The standard InChI is InChI=1S/C7H15BrN2O2S/c1-13(11,12)10-6-4-9(3-2-8)5-7-10/h2-7H2,1H3. The monoisotopic (exact) mass is 270 g/mol. The van der Waals surface area contributed by atoms with Crippen molar-refractivity contribution in [2.45, 2.75) is 0 Å². The molecule has 0 atom stereocenters. The molecule has 4 nitrogen and oxygen atoms in total. The van der Waals surface area contributed by atoms with Crippen molar-refractivity contribution < 1.29 is 8.42 Å². The highest BCUT2D eigenvalue weighted by molar-refractivity contribution is 9.09. The maximum Gasteiger partial charge on any atom is 0.211 e. The molecule has 1 rings (SSSR count). The number of piperazine rings is 1. The Morgan fingerprint density at radius 3 is 2.15 bits per heavy atom. The maximum atomic E-state index is 11.1. The van der Waals surface area contributed by atoms with Crippen LogP contribution in [0.5, 0.6) is 0 Å². The lowest BCUT2D eigenvalue weighted by atomic mass is 10.4. The molecule has 0 aromatic carbocycles. The largest absolute Gasteiger partial charge is 0.300 e. The van der Waals surface area contributed by atoms with Crippen LogP contribution in [0.15, 0.2) is 0 Å². The number of rotatable bonds is 3. The van der Waals surface area contributed by atoms with E-state index in [1.807, 2.05) is 0 Å². The van der Waals surface area contributed by atoms with Gasteiger partial charge < -0.3 is 0 Å². The van der Waals surface area contributed by atoms with Crippen LogP contribution in [0.25, 0.3) is 0 Å². The summed E-state index contributed by atoms with van der Waals surface area (Å²) in [5.41, 5.74) is 0. The molecule has 0 amide bonds. The lowest BCUT2D eigenvalue weighted by molar-refractivity contribution is 0.199. The Morgan fingerprint density at radius 2 is 1.77 bits per heavy atom. The summed E-state index contributed by atoms with van der Waals surface area (Å²) in [5.74, 6) is 0. The highest BCUT2D eigenvalue weighted by Gasteiger charge is 2.22. The van der Waals surface area contributed by atoms with Crippen LogP contribution in [0.1, 0.15) is 0 Å². The van der Waals surface area contributed by atoms with Crippen molar-refractivity contribution in [1.82, 2.24) is 9.21 Å². The van der Waals surface area contributed by atoms with E-state index in [0.29, 0.717) is 13.1 Å². The zero-order valence-electron chi connectivity index (χ0n) is 7.74. The highest BCUT2D eigenvalue weighted by Crippen LogP contribution is 2.05. The lowest BCUT2D eigenvalue weighted by Gasteiger charge is -2.32. The van der Waals surface area contributed by atoms with E-state index in [9.17, 15) is 8.42 Å². The fraction of sp³-hybridized carbons (Fsp3) is 1.00. The minimum absolute atomic E-state index is 0.631. The van der Waals surface area contributed by atoms with Crippen molar-refractivity contribution in [3.05, 3.63) is 0 Å². The van der Waals surface area contributed by atoms with E-state index in [1.165, 1.54) is 10.6 Å². The van der Waals surface area contributed by atoms with E-state index in [4.69, 9.17) is 0 Å². The first-order valence-corrected chi connectivity index (χ1v) is 7.24. The van der Waals surface area contributed by atoms with E-state index < -0.39 is 10.0 Å². The summed E-state index contributed by atoms with van der Waals surface area (Å²) in [5, 5.41) is 0.950. The zero-order valence-corrected chi connectivity index (χ0v) is 10.1. The minimum atomic E-state index is -2.97. The normalized spacial score (nSPS) is 22.0. The van der Waals surface area contributed by atoms with Crippen LogP contribution in [0.4, 0.5) is 0 Å². The van der Waals surface area contributed by atoms with E-state index in [2.05, 4.69) is 20.8 Å². The van der Waals surface area contributed by atoms with Gasteiger partial charge in [0.15, 0.2) is 0 Å². The lowest BCUT2D eigenvalue weighted by Crippen LogP contribution is -2.48. The molecule has 0 bridgehead atoms. The molecule has 0 N–H and O–H groups in total. The maximum absolute atomic E-state index is 11.1. The summed E-state index contributed by atoms with van der Waals surface area (Å²) in [6, 6.07) is 0.